The molecule has 0 aliphatic carbocycles. The monoisotopic (exact) mass is 222 g/mol. The molecule has 16 heavy (non-hydrogen) atoms. The van der Waals surface area contributed by atoms with E-state index in [4.69, 9.17) is 10.8 Å². The van der Waals surface area contributed by atoms with E-state index in [-0.39, 0.29) is 12.4 Å². The first kappa shape index (κ1) is 11.2. The van der Waals surface area contributed by atoms with Gasteiger partial charge in [0.2, 0.25) is 0 Å². The average Bonchev–Trinajstić information content (AvgIpc) is 2.30. The van der Waals surface area contributed by atoms with Gasteiger partial charge in [0, 0.05) is 30.4 Å². The molecule has 0 aromatic heterocycles. The molecule has 4 N–H and O–H groups in total. The number of fused-ring (bicyclic) bond motifs is 1. The van der Waals surface area contributed by atoms with Gasteiger partial charge >= 0.3 is 0 Å². The lowest BCUT2D eigenvalue weighted by Crippen LogP contribution is -2.25. The van der Waals surface area contributed by atoms with Gasteiger partial charge in [-0.1, -0.05) is 6.07 Å². The Morgan fingerprint density at radius 3 is 2.94 bits per heavy atom. The van der Waals surface area contributed by atoms with Crippen LogP contribution >= 0.6 is 0 Å². The van der Waals surface area contributed by atoms with Crippen LogP contribution in [-0.4, -0.2) is 30.4 Å². The molecule has 0 saturated carbocycles. The van der Waals surface area contributed by atoms with E-state index >= 15 is 0 Å². The minimum absolute atomic E-state index is 0.151. The molecule has 0 saturated heterocycles. The van der Waals surface area contributed by atoms with Crippen LogP contribution in [0.15, 0.2) is 12.1 Å². The van der Waals surface area contributed by atoms with Gasteiger partial charge in [-0.25, -0.2) is 0 Å². The number of hydrogen-bond donors (Lipinski definition) is 3. The zero-order valence-electron chi connectivity index (χ0n) is 9.48. The Morgan fingerprint density at radius 2 is 2.25 bits per heavy atom. The van der Waals surface area contributed by atoms with E-state index in [0.717, 1.165) is 30.6 Å². The quantitative estimate of drug-likeness (QED) is 0.691. The lowest BCUT2D eigenvalue weighted by molar-refractivity contribution is 0.265. The molecule has 4 nitrogen and oxygen atoms in total. The lowest BCUT2D eigenvalue weighted by atomic mass is 9.95. The first-order valence-electron chi connectivity index (χ1n) is 5.57. The largest absolute Gasteiger partial charge is 0.507 e. The second-order valence-corrected chi connectivity index (χ2v) is 4.32. The van der Waals surface area contributed by atoms with E-state index in [9.17, 15) is 5.11 Å². The molecule has 0 bridgehead atoms. The van der Waals surface area contributed by atoms with Crippen molar-refractivity contribution in [2.75, 3.05) is 25.1 Å². The number of anilines is 1. The van der Waals surface area contributed by atoms with Gasteiger partial charge in [0.1, 0.15) is 5.75 Å². The summed E-state index contributed by atoms with van der Waals surface area (Å²) >= 11 is 0. The zero-order valence-corrected chi connectivity index (χ0v) is 9.48. The Labute approximate surface area is 95.3 Å². The third-order valence-electron chi connectivity index (χ3n) is 3.22. The first-order valence-corrected chi connectivity index (χ1v) is 5.57. The molecule has 0 fully saturated rings. The minimum Gasteiger partial charge on any atom is -0.507 e. The highest BCUT2D eigenvalue weighted by Gasteiger charge is 2.21. The third-order valence-corrected chi connectivity index (χ3v) is 3.22. The predicted molar refractivity (Wildman–Crippen MR) is 63.7 cm³/mol. The number of phenolic OH excluding ortho intramolecular Hbond substituents is 1. The van der Waals surface area contributed by atoms with Gasteiger partial charge < -0.3 is 20.8 Å². The van der Waals surface area contributed by atoms with Crippen molar-refractivity contribution in [1.29, 1.82) is 0 Å². The SMILES string of the molecule is CN1CCCc2c1ccc(C(N)CO)c2O. The summed E-state index contributed by atoms with van der Waals surface area (Å²) in [7, 11) is 2.02. The van der Waals surface area contributed by atoms with Crippen molar-refractivity contribution in [3.63, 3.8) is 0 Å². The standard InChI is InChI=1S/C12H18N2O2/c1-14-6-2-3-9-11(14)5-4-8(12(9)16)10(13)7-15/h4-5,10,15-16H,2-3,6-7,13H2,1H3. The van der Waals surface area contributed by atoms with Crippen LogP contribution in [0.4, 0.5) is 5.69 Å². The Morgan fingerprint density at radius 1 is 1.50 bits per heavy atom. The lowest BCUT2D eigenvalue weighted by Gasteiger charge is -2.29. The molecule has 4 heteroatoms. The maximum atomic E-state index is 10.1. The maximum Gasteiger partial charge on any atom is 0.125 e. The fourth-order valence-electron chi connectivity index (χ4n) is 2.26. The van der Waals surface area contributed by atoms with Gasteiger partial charge in [-0.3, -0.25) is 0 Å². The number of nitrogens with zero attached hydrogens (tertiary/aromatic N) is 1. The Kier molecular flexibility index (Phi) is 3.03. The third kappa shape index (κ3) is 1.74. The van der Waals surface area contributed by atoms with E-state index in [1.54, 1.807) is 6.07 Å². The van der Waals surface area contributed by atoms with Gasteiger partial charge in [-0.05, 0) is 18.9 Å². The van der Waals surface area contributed by atoms with Gasteiger partial charge in [0.15, 0.2) is 0 Å². The normalized spacial score (nSPS) is 17.1. The minimum atomic E-state index is -0.502. The number of benzene rings is 1. The van der Waals surface area contributed by atoms with Crippen LogP contribution in [0.2, 0.25) is 0 Å². The second kappa shape index (κ2) is 4.31. The summed E-state index contributed by atoms with van der Waals surface area (Å²) in [6.07, 6.45) is 1.91. The van der Waals surface area contributed by atoms with E-state index in [1.807, 2.05) is 13.1 Å². The van der Waals surface area contributed by atoms with Crippen molar-refractivity contribution in [1.82, 2.24) is 0 Å². The van der Waals surface area contributed by atoms with Gasteiger partial charge in [-0.15, -0.1) is 0 Å². The van der Waals surface area contributed by atoms with E-state index < -0.39 is 6.04 Å². The van der Waals surface area contributed by atoms with E-state index in [1.165, 1.54) is 0 Å². The number of aromatic hydroxyl groups is 1. The highest BCUT2D eigenvalue weighted by molar-refractivity contribution is 5.63. The summed E-state index contributed by atoms with van der Waals surface area (Å²) in [6.45, 7) is 0.861. The summed E-state index contributed by atoms with van der Waals surface area (Å²) in [6, 6.07) is 3.27. The van der Waals surface area contributed by atoms with Crippen LogP contribution in [0.25, 0.3) is 0 Å². The average molecular weight is 222 g/mol. The zero-order chi connectivity index (χ0) is 11.7. The van der Waals surface area contributed by atoms with Crippen molar-refractivity contribution in [3.8, 4) is 5.75 Å². The molecule has 0 amide bonds. The van der Waals surface area contributed by atoms with Crippen molar-refractivity contribution in [2.45, 2.75) is 18.9 Å². The first-order chi connectivity index (χ1) is 7.65. The molecule has 0 spiro atoms. The number of nitrogens with two attached hydrogens (primary N) is 1. The summed E-state index contributed by atoms with van der Waals surface area (Å²) in [4.78, 5) is 2.13. The number of aliphatic hydroxyl groups excluding tert-OH is 1. The molecule has 1 aromatic carbocycles. The Hall–Kier alpha value is -1.26. The number of aliphatic hydroxyl groups is 1. The van der Waals surface area contributed by atoms with Gasteiger partial charge in [0.25, 0.3) is 0 Å². The molecule has 1 aliphatic heterocycles. The van der Waals surface area contributed by atoms with Crippen molar-refractivity contribution < 1.29 is 10.2 Å². The van der Waals surface area contributed by atoms with Crippen LogP contribution < -0.4 is 10.6 Å². The molecular weight excluding hydrogens is 204 g/mol. The van der Waals surface area contributed by atoms with Crippen molar-refractivity contribution >= 4 is 5.69 Å². The number of rotatable bonds is 2. The smallest absolute Gasteiger partial charge is 0.125 e. The summed E-state index contributed by atoms with van der Waals surface area (Å²) in [5.41, 5.74) is 8.40. The van der Waals surface area contributed by atoms with Gasteiger partial charge in [0.05, 0.1) is 12.6 Å². The summed E-state index contributed by atoms with van der Waals surface area (Å²) in [5, 5.41) is 19.2. The van der Waals surface area contributed by atoms with E-state index in [0.29, 0.717) is 5.56 Å². The Bertz CT molecular complexity index is 393. The topological polar surface area (TPSA) is 69.7 Å². The fraction of sp³-hybridized carbons (Fsp3) is 0.500. The molecular formula is C12H18N2O2. The van der Waals surface area contributed by atoms with Crippen LogP contribution in [0.1, 0.15) is 23.6 Å². The van der Waals surface area contributed by atoms with Crippen LogP contribution in [0.3, 0.4) is 0 Å². The van der Waals surface area contributed by atoms with Crippen molar-refractivity contribution in [2.24, 2.45) is 5.73 Å². The number of hydrogen-bond acceptors (Lipinski definition) is 4. The summed E-state index contributed by atoms with van der Waals surface area (Å²) < 4.78 is 0. The van der Waals surface area contributed by atoms with E-state index in [2.05, 4.69) is 4.90 Å². The molecule has 1 aliphatic rings. The number of phenols is 1. The predicted octanol–water partition coefficient (Wildman–Crippen LogP) is 0.767. The fourth-order valence-corrected chi connectivity index (χ4v) is 2.26. The highest BCUT2D eigenvalue weighted by atomic mass is 16.3. The Balaban J connectivity index is 2.46. The molecule has 88 valence electrons. The summed E-state index contributed by atoms with van der Waals surface area (Å²) in [5.74, 6) is 0.255. The second-order valence-electron chi connectivity index (χ2n) is 4.32. The molecule has 2 rings (SSSR count). The van der Waals surface area contributed by atoms with Crippen LogP contribution in [-0.2, 0) is 6.42 Å². The highest BCUT2D eigenvalue weighted by Crippen LogP contribution is 2.37. The molecule has 1 aromatic rings. The van der Waals surface area contributed by atoms with Crippen LogP contribution in [0.5, 0.6) is 5.75 Å². The molecule has 1 unspecified atom stereocenters. The van der Waals surface area contributed by atoms with Crippen molar-refractivity contribution in [3.05, 3.63) is 23.3 Å². The van der Waals surface area contributed by atoms with Gasteiger partial charge in [-0.2, -0.15) is 0 Å². The molecule has 1 heterocycles. The van der Waals surface area contributed by atoms with Crippen LogP contribution in [0, 0.1) is 0 Å². The molecule has 1 atom stereocenters. The maximum absolute atomic E-state index is 10.1. The molecule has 0 radical (unpaired) electrons.